The summed E-state index contributed by atoms with van der Waals surface area (Å²) >= 11 is 0. The molecule has 0 amide bonds. The molecule has 0 bridgehead atoms. The van der Waals surface area contributed by atoms with E-state index in [4.69, 9.17) is 24.0 Å². The Morgan fingerprint density at radius 1 is 0.969 bits per heavy atom. The smallest absolute Gasteiger partial charge is 0.214 e. The first-order valence-corrected chi connectivity index (χ1v) is 10.8. The molecule has 6 heteroatoms. The van der Waals surface area contributed by atoms with Crippen LogP contribution in [0.5, 0.6) is 23.0 Å². The summed E-state index contributed by atoms with van der Waals surface area (Å²) in [7, 11) is 3.34. The third-order valence-corrected chi connectivity index (χ3v) is 5.88. The van der Waals surface area contributed by atoms with E-state index in [1.54, 1.807) is 14.2 Å². The minimum Gasteiger partial charge on any atom is -0.497 e. The molecule has 0 aliphatic carbocycles. The van der Waals surface area contributed by atoms with Crippen molar-refractivity contribution in [3.05, 3.63) is 83.4 Å². The summed E-state index contributed by atoms with van der Waals surface area (Å²) in [6.07, 6.45) is 0.386. The van der Waals surface area contributed by atoms with Gasteiger partial charge in [-0.25, -0.2) is 5.01 Å². The zero-order valence-electron chi connectivity index (χ0n) is 18.4. The van der Waals surface area contributed by atoms with Gasteiger partial charge >= 0.3 is 0 Å². The molecule has 0 fully saturated rings. The Morgan fingerprint density at radius 2 is 1.78 bits per heavy atom. The first-order valence-electron chi connectivity index (χ1n) is 10.8. The van der Waals surface area contributed by atoms with Crippen LogP contribution in [0.2, 0.25) is 0 Å². The lowest BCUT2D eigenvalue weighted by Crippen LogP contribution is -2.33. The maximum absolute atomic E-state index is 6.51. The van der Waals surface area contributed by atoms with E-state index in [9.17, 15) is 0 Å². The van der Waals surface area contributed by atoms with Gasteiger partial charge in [0.2, 0.25) is 6.23 Å². The van der Waals surface area contributed by atoms with Crippen molar-refractivity contribution in [2.75, 3.05) is 20.8 Å². The number of methoxy groups -OCH3 is 2. The highest BCUT2D eigenvalue weighted by Gasteiger charge is 2.42. The third-order valence-electron chi connectivity index (χ3n) is 5.88. The fourth-order valence-electron chi connectivity index (χ4n) is 4.34. The molecule has 32 heavy (non-hydrogen) atoms. The van der Waals surface area contributed by atoms with Crippen molar-refractivity contribution in [2.24, 2.45) is 5.10 Å². The van der Waals surface area contributed by atoms with E-state index < -0.39 is 0 Å². The van der Waals surface area contributed by atoms with Crippen molar-refractivity contribution in [3.8, 4) is 23.0 Å². The molecule has 2 aliphatic heterocycles. The Morgan fingerprint density at radius 3 is 2.53 bits per heavy atom. The topological polar surface area (TPSA) is 52.5 Å². The fourth-order valence-corrected chi connectivity index (χ4v) is 4.34. The summed E-state index contributed by atoms with van der Waals surface area (Å²) in [6.45, 7) is 2.63. The zero-order valence-corrected chi connectivity index (χ0v) is 18.4. The Hall–Kier alpha value is -3.67. The van der Waals surface area contributed by atoms with Gasteiger partial charge in [-0.15, -0.1) is 0 Å². The Bertz CT molecular complexity index is 1140. The van der Waals surface area contributed by atoms with Gasteiger partial charge in [0.1, 0.15) is 11.5 Å². The highest BCUT2D eigenvalue weighted by Crippen LogP contribution is 2.50. The van der Waals surface area contributed by atoms with Gasteiger partial charge in [-0.3, -0.25) is 0 Å². The summed E-state index contributed by atoms with van der Waals surface area (Å²) in [5.41, 5.74) is 4.15. The van der Waals surface area contributed by atoms with E-state index in [0.717, 1.165) is 51.8 Å². The van der Waals surface area contributed by atoms with Crippen molar-refractivity contribution in [2.45, 2.75) is 25.6 Å². The quantitative estimate of drug-likeness (QED) is 0.528. The number of hydrazone groups is 1. The molecular weight excluding hydrogens is 404 g/mol. The van der Waals surface area contributed by atoms with Gasteiger partial charge in [0.05, 0.1) is 32.6 Å². The van der Waals surface area contributed by atoms with Gasteiger partial charge < -0.3 is 18.9 Å². The molecule has 3 aromatic rings. The number of hydrogen-bond donors (Lipinski definition) is 0. The lowest BCUT2D eigenvalue weighted by Gasteiger charge is -2.38. The van der Waals surface area contributed by atoms with Crippen LogP contribution in [0, 0.1) is 0 Å². The van der Waals surface area contributed by atoms with Crippen molar-refractivity contribution >= 4 is 5.71 Å². The standard InChI is InChI=1S/C26H26N2O4/c1-4-31-19-13-11-17(12-14-19)22-16-23-21-9-6-10-24(30-3)25(21)32-26(28(23)27-22)18-7-5-8-20(15-18)29-2/h5-15,23,26H,4,16H2,1-3H3. The predicted molar refractivity (Wildman–Crippen MR) is 123 cm³/mol. The van der Waals surface area contributed by atoms with Crippen LogP contribution in [-0.4, -0.2) is 31.5 Å². The first kappa shape index (κ1) is 20.2. The van der Waals surface area contributed by atoms with Crippen molar-refractivity contribution in [1.82, 2.24) is 5.01 Å². The summed E-state index contributed by atoms with van der Waals surface area (Å²) in [5, 5.41) is 7.08. The van der Waals surface area contributed by atoms with Crippen LogP contribution in [0.4, 0.5) is 0 Å². The lowest BCUT2D eigenvalue weighted by atomic mass is 9.95. The van der Waals surface area contributed by atoms with Crippen LogP contribution in [0.1, 0.15) is 42.3 Å². The van der Waals surface area contributed by atoms with Crippen LogP contribution >= 0.6 is 0 Å². The number of para-hydroxylation sites is 1. The summed E-state index contributed by atoms with van der Waals surface area (Å²) in [6, 6.07) is 22.1. The van der Waals surface area contributed by atoms with Gasteiger partial charge in [0.25, 0.3) is 0 Å². The van der Waals surface area contributed by atoms with Crippen molar-refractivity contribution in [1.29, 1.82) is 0 Å². The molecule has 2 unspecified atom stereocenters. The normalized spacial score (nSPS) is 18.8. The average molecular weight is 431 g/mol. The monoisotopic (exact) mass is 430 g/mol. The molecular formula is C26H26N2O4. The summed E-state index contributed by atoms with van der Waals surface area (Å²) < 4.78 is 23.2. The third kappa shape index (κ3) is 3.51. The number of fused-ring (bicyclic) bond motifs is 3. The predicted octanol–water partition coefficient (Wildman–Crippen LogP) is 5.34. The van der Waals surface area contributed by atoms with Crippen LogP contribution in [0.15, 0.2) is 71.8 Å². The van der Waals surface area contributed by atoms with Gasteiger partial charge in [0.15, 0.2) is 11.5 Å². The number of benzene rings is 3. The van der Waals surface area contributed by atoms with Crippen LogP contribution in [-0.2, 0) is 0 Å². The van der Waals surface area contributed by atoms with Crippen LogP contribution in [0.25, 0.3) is 0 Å². The second-order valence-corrected chi connectivity index (χ2v) is 7.73. The molecule has 2 atom stereocenters. The van der Waals surface area contributed by atoms with Crippen molar-refractivity contribution in [3.63, 3.8) is 0 Å². The molecule has 5 rings (SSSR count). The molecule has 0 radical (unpaired) electrons. The summed E-state index contributed by atoms with van der Waals surface area (Å²) in [5.74, 6) is 3.14. The number of nitrogens with zero attached hydrogens (tertiary/aromatic N) is 2. The van der Waals surface area contributed by atoms with E-state index in [0.29, 0.717) is 6.61 Å². The van der Waals surface area contributed by atoms with E-state index in [1.165, 1.54) is 0 Å². The molecule has 164 valence electrons. The van der Waals surface area contributed by atoms with Crippen molar-refractivity contribution < 1.29 is 18.9 Å². The molecule has 0 aromatic heterocycles. The van der Waals surface area contributed by atoms with Gasteiger partial charge in [0, 0.05) is 17.5 Å². The van der Waals surface area contributed by atoms with Crippen LogP contribution in [0.3, 0.4) is 0 Å². The van der Waals surface area contributed by atoms with E-state index in [2.05, 4.69) is 23.2 Å². The van der Waals surface area contributed by atoms with Gasteiger partial charge in [-0.05, 0) is 55.0 Å². The maximum Gasteiger partial charge on any atom is 0.214 e. The van der Waals surface area contributed by atoms with E-state index in [-0.39, 0.29) is 12.3 Å². The molecule has 0 saturated carbocycles. The van der Waals surface area contributed by atoms with Crippen LogP contribution < -0.4 is 18.9 Å². The minimum absolute atomic E-state index is 0.0478. The van der Waals surface area contributed by atoms with Gasteiger partial charge in [-0.2, -0.15) is 5.10 Å². The molecule has 0 saturated heterocycles. The van der Waals surface area contributed by atoms with E-state index in [1.807, 2.05) is 55.5 Å². The maximum atomic E-state index is 6.51. The second-order valence-electron chi connectivity index (χ2n) is 7.73. The molecule has 3 aromatic carbocycles. The average Bonchev–Trinajstić information content (AvgIpc) is 3.29. The molecule has 2 aliphatic rings. The molecule has 0 spiro atoms. The number of hydrogen-bond acceptors (Lipinski definition) is 6. The fraction of sp³-hybridized carbons (Fsp3) is 0.269. The molecule has 0 N–H and O–H groups in total. The lowest BCUT2D eigenvalue weighted by molar-refractivity contribution is -0.0210. The Kier molecular flexibility index (Phi) is 5.35. The number of rotatable bonds is 6. The minimum atomic E-state index is -0.390. The zero-order chi connectivity index (χ0) is 22.1. The Balaban J connectivity index is 1.56. The molecule has 6 nitrogen and oxygen atoms in total. The van der Waals surface area contributed by atoms with Gasteiger partial charge in [-0.1, -0.05) is 24.3 Å². The highest BCUT2D eigenvalue weighted by atomic mass is 16.5. The number of ether oxygens (including phenoxy) is 4. The SMILES string of the molecule is CCOc1ccc(C2=NN3C(C2)c2cccc(OC)c2OC3c2cccc(OC)c2)cc1. The highest BCUT2D eigenvalue weighted by molar-refractivity contribution is 6.02. The first-order chi connectivity index (χ1) is 15.7. The largest absolute Gasteiger partial charge is 0.497 e. The Labute approximate surface area is 188 Å². The molecule has 2 heterocycles. The van der Waals surface area contributed by atoms with E-state index >= 15 is 0 Å². The second kappa shape index (κ2) is 8.46. The summed E-state index contributed by atoms with van der Waals surface area (Å²) in [4.78, 5) is 0.